The van der Waals surface area contributed by atoms with E-state index in [1.807, 2.05) is 43.3 Å². The molecular weight excluding hydrogens is 382 g/mol. The number of hydrogen-bond acceptors (Lipinski definition) is 5. The number of hydrogen-bond donors (Lipinski definition) is 1. The molecule has 3 aromatic rings. The number of ether oxygens (including phenoxy) is 1. The third-order valence-electron chi connectivity index (χ3n) is 3.58. The molecule has 0 saturated heterocycles. The van der Waals surface area contributed by atoms with E-state index in [1.54, 1.807) is 24.3 Å². The van der Waals surface area contributed by atoms with Crippen molar-refractivity contribution in [2.45, 2.75) is 11.9 Å². The number of amides is 1. The molecule has 1 N–H and O–H groups in total. The van der Waals surface area contributed by atoms with Gasteiger partial charge in [0.1, 0.15) is 10.8 Å². The monoisotopic (exact) mass is 399 g/mol. The minimum Gasteiger partial charge on any atom is -0.494 e. The summed E-state index contributed by atoms with van der Waals surface area (Å²) in [5.41, 5.74) is 2.44. The summed E-state index contributed by atoms with van der Waals surface area (Å²) in [6.07, 6.45) is 0. The molecule has 0 atom stereocenters. The first-order valence-corrected chi connectivity index (χ1v) is 9.75. The SMILES string of the molecule is CCOc1ccc(-c2ccc(SCC(=O)Nc3ccc(Cl)cc3)nn2)cc1. The highest BCUT2D eigenvalue weighted by Crippen LogP contribution is 2.22. The second-order valence-electron chi connectivity index (χ2n) is 5.56. The average Bonchev–Trinajstić information content (AvgIpc) is 2.69. The fourth-order valence-electron chi connectivity index (χ4n) is 2.31. The molecule has 2 aromatic carbocycles. The van der Waals surface area contributed by atoms with Crippen LogP contribution < -0.4 is 10.1 Å². The number of thioether (sulfide) groups is 1. The summed E-state index contributed by atoms with van der Waals surface area (Å²) in [5, 5.41) is 12.6. The third kappa shape index (κ3) is 5.70. The largest absolute Gasteiger partial charge is 0.494 e. The van der Waals surface area contributed by atoms with E-state index in [-0.39, 0.29) is 11.7 Å². The summed E-state index contributed by atoms with van der Waals surface area (Å²) in [6.45, 7) is 2.59. The fourth-order valence-corrected chi connectivity index (χ4v) is 3.05. The normalized spacial score (nSPS) is 10.4. The number of rotatable bonds is 7. The Kier molecular flexibility index (Phi) is 6.68. The lowest BCUT2D eigenvalue weighted by molar-refractivity contribution is -0.113. The molecule has 0 bridgehead atoms. The Morgan fingerprint density at radius 2 is 1.78 bits per heavy atom. The van der Waals surface area contributed by atoms with Crippen LogP contribution in [0.25, 0.3) is 11.3 Å². The van der Waals surface area contributed by atoms with E-state index in [1.165, 1.54) is 11.8 Å². The molecule has 0 unspecified atom stereocenters. The zero-order valence-electron chi connectivity index (χ0n) is 14.7. The van der Waals surface area contributed by atoms with Crippen molar-refractivity contribution in [3.63, 3.8) is 0 Å². The molecule has 0 spiro atoms. The summed E-state index contributed by atoms with van der Waals surface area (Å²) in [5.74, 6) is 0.965. The maximum Gasteiger partial charge on any atom is 0.234 e. The van der Waals surface area contributed by atoms with Crippen LogP contribution in [0.2, 0.25) is 5.02 Å². The van der Waals surface area contributed by atoms with Crippen LogP contribution in [-0.4, -0.2) is 28.5 Å². The predicted molar refractivity (Wildman–Crippen MR) is 109 cm³/mol. The van der Waals surface area contributed by atoms with Gasteiger partial charge in [0.25, 0.3) is 0 Å². The molecule has 27 heavy (non-hydrogen) atoms. The number of carbonyl (C=O) groups is 1. The molecule has 1 aromatic heterocycles. The molecule has 138 valence electrons. The van der Waals surface area contributed by atoms with Crippen molar-refractivity contribution in [3.05, 3.63) is 65.7 Å². The Hall–Kier alpha value is -2.57. The summed E-state index contributed by atoms with van der Waals surface area (Å²) in [6, 6.07) is 18.4. The first-order chi connectivity index (χ1) is 13.1. The molecule has 0 aliphatic carbocycles. The van der Waals surface area contributed by atoms with E-state index < -0.39 is 0 Å². The molecule has 0 radical (unpaired) electrons. The minimum atomic E-state index is -0.111. The van der Waals surface area contributed by atoms with Gasteiger partial charge in [0.15, 0.2) is 0 Å². The van der Waals surface area contributed by atoms with Gasteiger partial charge in [0, 0.05) is 16.3 Å². The van der Waals surface area contributed by atoms with Crippen LogP contribution in [0.15, 0.2) is 65.7 Å². The molecule has 1 amide bonds. The smallest absolute Gasteiger partial charge is 0.234 e. The Labute approximate surface area is 167 Å². The summed E-state index contributed by atoms with van der Waals surface area (Å²) in [7, 11) is 0. The first kappa shape index (κ1) is 19.2. The lowest BCUT2D eigenvalue weighted by Crippen LogP contribution is -2.14. The Bertz CT molecular complexity index is 885. The molecular formula is C20H18ClN3O2S. The van der Waals surface area contributed by atoms with Crippen LogP contribution in [0.3, 0.4) is 0 Å². The molecule has 0 saturated carbocycles. The van der Waals surface area contributed by atoms with Crippen LogP contribution in [0.1, 0.15) is 6.92 Å². The van der Waals surface area contributed by atoms with Gasteiger partial charge in [-0.2, -0.15) is 0 Å². The van der Waals surface area contributed by atoms with E-state index in [9.17, 15) is 4.79 Å². The van der Waals surface area contributed by atoms with Crippen LogP contribution in [0.4, 0.5) is 5.69 Å². The van der Waals surface area contributed by atoms with Gasteiger partial charge in [0.05, 0.1) is 18.1 Å². The number of benzene rings is 2. The quantitative estimate of drug-likeness (QED) is 0.571. The molecule has 0 aliphatic rings. The molecule has 3 rings (SSSR count). The van der Waals surface area contributed by atoms with Crippen LogP contribution in [0.5, 0.6) is 5.75 Å². The summed E-state index contributed by atoms with van der Waals surface area (Å²) in [4.78, 5) is 12.0. The summed E-state index contributed by atoms with van der Waals surface area (Å²) >= 11 is 7.16. The minimum absolute atomic E-state index is 0.111. The number of nitrogens with zero attached hydrogens (tertiary/aromatic N) is 2. The Balaban J connectivity index is 1.54. The van der Waals surface area contributed by atoms with Gasteiger partial charge in [0.2, 0.25) is 5.91 Å². The van der Waals surface area contributed by atoms with Gasteiger partial charge >= 0.3 is 0 Å². The van der Waals surface area contributed by atoms with Crippen molar-refractivity contribution in [3.8, 4) is 17.0 Å². The third-order valence-corrected chi connectivity index (χ3v) is 4.75. The Morgan fingerprint density at radius 3 is 2.41 bits per heavy atom. The van der Waals surface area contributed by atoms with Gasteiger partial charge in [-0.05, 0) is 67.6 Å². The van der Waals surface area contributed by atoms with Gasteiger partial charge < -0.3 is 10.1 Å². The van der Waals surface area contributed by atoms with Crippen LogP contribution in [0, 0.1) is 0 Å². The molecule has 5 nitrogen and oxygen atoms in total. The number of nitrogens with one attached hydrogen (secondary N) is 1. The fraction of sp³-hybridized carbons (Fsp3) is 0.150. The van der Waals surface area contributed by atoms with Crippen LogP contribution in [-0.2, 0) is 4.79 Å². The lowest BCUT2D eigenvalue weighted by Gasteiger charge is -2.06. The second kappa shape index (κ2) is 9.39. The highest BCUT2D eigenvalue weighted by Gasteiger charge is 2.06. The van der Waals surface area contributed by atoms with Gasteiger partial charge in [-0.15, -0.1) is 10.2 Å². The van der Waals surface area contributed by atoms with E-state index in [2.05, 4.69) is 15.5 Å². The van der Waals surface area contributed by atoms with E-state index in [4.69, 9.17) is 16.3 Å². The number of halogens is 1. The van der Waals surface area contributed by atoms with E-state index >= 15 is 0 Å². The van der Waals surface area contributed by atoms with Gasteiger partial charge in [-0.1, -0.05) is 23.4 Å². The molecule has 0 fully saturated rings. The highest BCUT2D eigenvalue weighted by atomic mass is 35.5. The number of anilines is 1. The molecule has 1 heterocycles. The molecule has 0 aliphatic heterocycles. The van der Waals surface area contributed by atoms with Gasteiger partial charge in [-0.25, -0.2) is 0 Å². The maximum absolute atomic E-state index is 12.0. The maximum atomic E-state index is 12.0. The first-order valence-electron chi connectivity index (χ1n) is 8.39. The number of aromatic nitrogens is 2. The van der Waals surface area contributed by atoms with E-state index in [0.29, 0.717) is 22.3 Å². The van der Waals surface area contributed by atoms with Crippen molar-refractivity contribution < 1.29 is 9.53 Å². The highest BCUT2D eigenvalue weighted by molar-refractivity contribution is 7.99. The zero-order chi connectivity index (χ0) is 19.1. The van der Waals surface area contributed by atoms with Crippen molar-refractivity contribution in [2.75, 3.05) is 17.7 Å². The second-order valence-corrected chi connectivity index (χ2v) is 6.99. The van der Waals surface area contributed by atoms with Crippen molar-refractivity contribution in [1.29, 1.82) is 0 Å². The molecule has 7 heteroatoms. The number of carbonyl (C=O) groups excluding carboxylic acids is 1. The van der Waals surface area contributed by atoms with Crippen LogP contribution >= 0.6 is 23.4 Å². The van der Waals surface area contributed by atoms with Crippen molar-refractivity contribution in [1.82, 2.24) is 10.2 Å². The predicted octanol–water partition coefficient (Wildman–Crippen LogP) is 4.93. The van der Waals surface area contributed by atoms with Crippen molar-refractivity contribution >= 4 is 35.0 Å². The van der Waals surface area contributed by atoms with E-state index in [0.717, 1.165) is 17.0 Å². The summed E-state index contributed by atoms with van der Waals surface area (Å²) < 4.78 is 5.43. The average molecular weight is 400 g/mol. The Morgan fingerprint density at radius 1 is 1.04 bits per heavy atom. The van der Waals surface area contributed by atoms with Crippen molar-refractivity contribution in [2.24, 2.45) is 0 Å². The topological polar surface area (TPSA) is 64.1 Å². The lowest BCUT2D eigenvalue weighted by atomic mass is 10.1. The van der Waals surface area contributed by atoms with Gasteiger partial charge in [-0.3, -0.25) is 4.79 Å². The zero-order valence-corrected chi connectivity index (χ0v) is 16.3. The standard InChI is InChI=1S/C20H18ClN3O2S/c1-2-26-17-9-3-14(4-10-17)18-11-12-20(24-23-18)27-13-19(25)22-16-7-5-15(21)6-8-16/h3-12H,2,13H2,1H3,(H,22,25).